The summed E-state index contributed by atoms with van der Waals surface area (Å²) in [4.78, 5) is 15.1. The van der Waals surface area contributed by atoms with Crippen LogP contribution in [0.25, 0.3) is 11.8 Å². The van der Waals surface area contributed by atoms with Crippen LogP contribution in [0.15, 0.2) is 30.3 Å². The Balaban J connectivity index is 1.97. The van der Waals surface area contributed by atoms with Crippen molar-refractivity contribution in [3.05, 3.63) is 41.7 Å². The van der Waals surface area contributed by atoms with Gasteiger partial charge in [0, 0.05) is 13.1 Å². The van der Waals surface area contributed by atoms with E-state index in [0.717, 1.165) is 25.1 Å². The van der Waals surface area contributed by atoms with Gasteiger partial charge in [0.2, 0.25) is 0 Å². The lowest BCUT2D eigenvalue weighted by Crippen LogP contribution is -2.43. The van der Waals surface area contributed by atoms with E-state index in [1.54, 1.807) is 6.92 Å². The summed E-state index contributed by atoms with van der Waals surface area (Å²) in [6.45, 7) is 7.73. The second kappa shape index (κ2) is 6.95. The first kappa shape index (κ1) is 16.4. The molecule has 0 radical (unpaired) electrons. The van der Waals surface area contributed by atoms with Crippen LogP contribution in [0.3, 0.4) is 0 Å². The van der Waals surface area contributed by atoms with Crippen molar-refractivity contribution in [3.8, 4) is 0 Å². The highest BCUT2D eigenvalue weighted by molar-refractivity contribution is 6.18. The number of aryl methyl sites for hydroxylation is 1. The van der Waals surface area contributed by atoms with Crippen molar-refractivity contribution in [1.82, 2.24) is 25.1 Å². The molecule has 0 spiro atoms. The van der Waals surface area contributed by atoms with Gasteiger partial charge in [0.25, 0.3) is 5.91 Å². The maximum Gasteiger partial charge on any atom is 0.272 e. The summed E-state index contributed by atoms with van der Waals surface area (Å²) >= 11 is 0. The standard InChI is InChI=1S/C18H23N5O/c1-13-9-14(2)12-22(11-13)18(24)17(23-15(3)19-20-21-23)10-16-7-5-4-6-8-16/h4-8,10,13-14H,9,11-12H2,1-3H3/b17-10-. The zero-order chi connectivity index (χ0) is 17.1. The first-order valence-corrected chi connectivity index (χ1v) is 8.36. The van der Waals surface area contributed by atoms with Gasteiger partial charge in [-0.3, -0.25) is 4.79 Å². The molecule has 2 heterocycles. The van der Waals surface area contributed by atoms with Gasteiger partial charge in [-0.05, 0) is 47.2 Å². The Hall–Kier alpha value is -2.50. The number of benzene rings is 1. The summed E-state index contributed by atoms with van der Waals surface area (Å²) in [5, 5.41) is 11.6. The number of aromatic nitrogens is 4. The van der Waals surface area contributed by atoms with E-state index < -0.39 is 0 Å². The molecule has 24 heavy (non-hydrogen) atoms. The highest BCUT2D eigenvalue weighted by atomic mass is 16.2. The van der Waals surface area contributed by atoms with E-state index in [1.165, 1.54) is 4.68 Å². The van der Waals surface area contributed by atoms with Gasteiger partial charge < -0.3 is 4.90 Å². The highest BCUT2D eigenvalue weighted by Gasteiger charge is 2.29. The van der Waals surface area contributed by atoms with Crippen LogP contribution in [-0.2, 0) is 4.79 Å². The molecular formula is C18H23N5O. The summed E-state index contributed by atoms with van der Waals surface area (Å²) in [6.07, 6.45) is 3.01. The zero-order valence-corrected chi connectivity index (χ0v) is 14.4. The van der Waals surface area contributed by atoms with Crippen molar-refractivity contribution in [1.29, 1.82) is 0 Å². The van der Waals surface area contributed by atoms with Crippen molar-refractivity contribution < 1.29 is 4.79 Å². The fourth-order valence-electron chi connectivity index (χ4n) is 3.37. The molecule has 6 heteroatoms. The van der Waals surface area contributed by atoms with Crippen LogP contribution in [0.2, 0.25) is 0 Å². The highest BCUT2D eigenvalue weighted by Crippen LogP contribution is 2.24. The molecule has 1 fully saturated rings. The number of rotatable bonds is 3. The van der Waals surface area contributed by atoms with Gasteiger partial charge in [-0.1, -0.05) is 44.2 Å². The lowest BCUT2D eigenvalue weighted by molar-refractivity contribution is -0.128. The molecule has 1 amide bonds. The Morgan fingerprint density at radius 2 is 1.83 bits per heavy atom. The zero-order valence-electron chi connectivity index (χ0n) is 14.4. The number of tetrazole rings is 1. The van der Waals surface area contributed by atoms with Crippen molar-refractivity contribution in [2.24, 2.45) is 11.8 Å². The fourth-order valence-corrected chi connectivity index (χ4v) is 3.37. The molecule has 126 valence electrons. The Bertz CT molecular complexity index is 727. The normalized spacial score (nSPS) is 21.8. The minimum absolute atomic E-state index is 0.0207. The molecule has 1 aliphatic heterocycles. The van der Waals surface area contributed by atoms with Gasteiger partial charge in [0.05, 0.1) is 0 Å². The molecule has 0 saturated carbocycles. The smallest absolute Gasteiger partial charge is 0.272 e. The number of carbonyl (C=O) groups excluding carboxylic acids is 1. The Morgan fingerprint density at radius 3 is 2.42 bits per heavy atom. The summed E-state index contributed by atoms with van der Waals surface area (Å²) in [5.74, 6) is 1.59. The van der Waals surface area contributed by atoms with Crippen LogP contribution in [-0.4, -0.2) is 44.1 Å². The molecule has 2 aromatic rings. The van der Waals surface area contributed by atoms with Gasteiger partial charge in [-0.2, -0.15) is 4.68 Å². The third kappa shape index (κ3) is 3.53. The number of nitrogens with zero attached hydrogens (tertiary/aromatic N) is 5. The molecule has 0 aliphatic carbocycles. The Morgan fingerprint density at radius 1 is 1.17 bits per heavy atom. The van der Waals surface area contributed by atoms with E-state index in [1.807, 2.05) is 41.3 Å². The first-order valence-electron chi connectivity index (χ1n) is 8.36. The molecule has 1 aromatic carbocycles. The molecule has 0 N–H and O–H groups in total. The number of hydrogen-bond acceptors (Lipinski definition) is 4. The molecule has 1 saturated heterocycles. The van der Waals surface area contributed by atoms with Crippen molar-refractivity contribution in [3.63, 3.8) is 0 Å². The van der Waals surface area contributed by atoms with Crippen LogP contribution in [0, 0.1) is 18.8 Å². The molecule has 6 nitrogen and oxygen atoms in total. The number of carbonyl (C=O) groups is 1. The number of hydrogen-bond donors (Lipinski definition) is 0. The van der Waals surface area contributed by atoms with Crippen molar-refractivity contribution in [2.75, 3.05) is 13.1 Å². The minimum Gasteiger partial charge on any atom is -0.337 e. The Labute approximate surface area is 142 Å². The van der Waals surface area contributed by atoms with E-state index in [-0.39, 0.29) is 5.91 Å². The van der Waals surface area contributed by atoms with Crippen LogP contribution < -0.4 is 0 Å². The van der Waals surface area contributed by atoms with Gasteiger partial charge in [0.1, 0.15) is 5.70 Å². The fraction of sp³-hybridized carbons (Fsp3) is 0.444. The lowest BCUT2D eigenvalue weighted by Gasteiger charge is -2.35. The predicted molar refractivity (Wildman–Crippen MR) is 92.7 cm³/mol. The molecular weight excluding hydrogens is 302 g/mol. The lowest BCUT2D eigenvalue weighted by atomic mass is 9.91. The minimum atomic E-state index is -0.0207. The van der Waals surface area contributed by atoms with Crippen LogP contribution >= 0.6 is 0 Å². The van der Waals surface area contributed by atoms with E-state index in [0.29, 0.717) is 23.4 Å². The van der Waals surface area contributed by atoms with Gasteiger partial charge in [0.15, 0.2) is 5.82 Å². The second-order valence-corrected chi connectivity index (χ2v) is 6.73. The van der Waals surface area contributed by atoms with Gasteiger partial charge in [-0.15, -0.1) is 5.10 Å². The molecule has 2 unspecified atom stereocenters. The SMILES string of the molecule is Cc1nnnn1/C(=C\c1ccccc1)C(=O)N1CC(C)CC(C)C1. The maximum atomic E-state index is 13.2. The van der Waals surface area contributed by atoms with E-state index in [2.05, 4.69) is 29.4 Å². The van der Waals surface area contributed by atoms with Gasteiger partial charge in [-0.25, -0.2) is 0 Å². The first-order chi connectivity index (χ1) is 11.5. The topological polar surface area (TPSA) is 63.9 Å². The quantitative estimate of drug-likeness (QED) is 0.813. The third-order valence-electron chi connectivity index (χ3n) is 4.33. The van der Waals surface area contributed by atoms with Crippen LogP contribution in [0.4, 0.5) is 0 Å². The second-order valence-electron chi connectivity index (χ2n) is 6.73. The predicted octanol–water partition coefficient (Wildman–Crippen LogP) is 2.48. The summed E-state index contributed by atoms with van der Waals surface area (Å²) in [6, 6.07) is 9.79. The monoisotopic (exact) mass is 325 g/mol. The summed E-state index contributed by atoms with van der Waals surface area (Å²) < 4.78 is 1.53. The average Bonchev–Trinajstić information content (AvgIpc) is 2.98. The number of likely N-dealkylation sites (tertiary alicyclic amines) is 1. The van der Waals surface area contributed by atoms with E-state index in [9.17, 15) is 4.79 Å². The average molecular weight is 325 g/mol. The van der Waals surface area contributed by atoms with Gasteiger partial charge >= 0.3 is 0 Å². The summed E-state index contributed by atoms with van der Waals surface area (Å²) in [7, 11) is 0. The molecule has 0 bridgehead atoms. The molecule has 3 rings (SSSR count). The van der Waals surface area contributed by atoms with Crippen molar-refractivity contribution in [2.45, 2.75) is 27.2 Å². The molecule has 1 aromatic heterocycles. The van der Waals surface area contributed by atoms with Crippen molar-refractivity contribution >= 4 is 17.7 Å². The van der Waals surface area contributed by atoms with Crippen LogP contribution in [0.1, 0.15) is 31.7 Å². The number of amides is 1. The molecule has 2 atom stereocenters. The van der Waals surface area contributed by atoms with E-state index in [4.69, 9.17) is 0 Å². The van der Waals surface area contributed by atoms with E-state index >= 15 is 0 Å². The summed E-state index contributed by atoms with van der Waals surface area (Å²) in [5.41, 5.74) is 1.44. The molecule has 1 aliphatic rings. The largest absolute Gasteiger partial charge is 0.337 e. The Kier molecular flexibility index (Phi) is 4.74. The van der Waals surface area contributed by atoms with Crippen LogP contribution in [0.5, 0.6) is 0 Å². The number of piperidine rings is 1. The third-order valence-corrected chi connectivity index (χ3v) is 4.33. The maximum absolute atomic E-state index is 13.2.